The van der Waals surface area contributed by atoms with Crippen molar-refractivity contribution >= 4 is 29.8 Å². The number of carbonyl (C=O) groups is 1. The van der Waals surface area contributed by atoms with E-state index in [9.17, 15) is 0 Å². The van der Waals surface area contributed by atoms with E-state index in [1.165, 1.54) is 27.0 Å². The maximum atomic E-state index is 9.00. The number of hydrogen-bond donors (Lipinski definition) is 1. The van der Waals surface area contributed by atoms with Crippen LogP contribution >= 0.6 is 7.92 Å². The standard InChI is InChI=1S/C18H15P.C12H10.C2H4O2/c1-4-10-16(11-5-1)19(17-12-6-2-7-13-17)18-14-8-3-9-15-18;1-3-7-11(8-4-1)12-9-5-2-6-10-12;1-2(3)4/h1-15H;1-10H;1H3,(H,3,4). The van der Waals surface area contributed by atoms with Crippen LogP contribution in [0.2, 0.25) is 0 Å². The van der Waals surface area contributed by atoms with Crippen molar-refractivity contribution in [3.8, 4) is 11.1 Å². The lowest BCUT2D eigenvalue weighted by Crippen LogP contribution is -2.20. The van der Waals surface area contributed by atoms with Crippen LogP contribution in [0.1, 0.15) is 6.92 Å². The molecule has 0 aliphatic heterocycles. The maximum Gasteiger partial charge on any atom is 0.300 e. The molecule has 3 heteroatoms. The van der Waals surface area contributed by atoms with Crippen molar-refractivity contribution in [1.82, 2.24) is 0 Å². The first-order valence-corrected chi connectivity index (χ1v) is 12.7. The normalized spacial score (nSPS) is 9.77. The van der Waals surface area contributed by atoms with Crippen molar-refractivity contribution in [3.63, 3.8) is 0 Å². The van der Waals surface area contributed by atoms with Gasteiger partial charge in [0.1, 0.15) is 0 Å². The van der Waals surface area contributed by atoms with Crippen molar-refractivity contribution < 1.29 is 9.90 Å². The third-order valence-corrected chi connectivity index (χ3v) is 7.37. The Morgan fingerprint density at radius 2 is 0.657 bits per heavy atom. The summed E-state index contributed by atoms with van der Waals surface area (Å²) in [6.07, 6.45) is 0. The zero-order valence-electron chi connectivity index (χ0n) is 19.7. The minimum Gasteiger partial charge on any atom is -0.481 e. The van der Waals surface area contributed by atoms with E-state index in [2.05, 4.69) is 140 Å². The van der Waals surface area contributed by atoms with Gasteiger partial charge in [0.25, 0.3) is 5.97 Å². The fourth-order valence-corrected chi connectivity index (χ4v) is 5.74. The first-order chi connectivity index (χ1) is 17.1. The van der Waals surface area contributed by atoms with Gasteiger partial charge < -0.3 is 5.11 Å². The topological polar surface area (TPSA) is 37.3 Å². The van der Waals surface area contributed by atoms with Gasteiger partial charge in [0.05, 0.1) is 0 Å². The molecule has 0 bridgehead atoms. The molecule has 5 aromatic carbocycles. The van der Waals surface area contributed by atoms with Crippen LogP contribution in [0.3, 0.4) is 0 Å². The van der Waals surface area contributed by atoms with Crippen LogP contribution < -0.4 is 15.9 Å². The number of carboxylic acid groups (broad SMARTS) is 1. The van der Waals surface area contributed by atoms with E-state index < -0.39 is 13.9 Å². The molecule has 35 heavy (non-hydrogen) atoms. The molecule has 0 heterocycles. The van der Waals surface area contributed by atoms with Gasteiger partial charge in [0, 0.05) is 6.92 Å². The minimum atomic E-state index is -0.833. The summed E-state index contributed by atoms with van der Waals surface area (Å²) in [5, 5.41) is 11.6. The third-order valence-electron chi connectivity index (χ3n) is 4.92. The number of benzene rings is 5. The second kappa shape index (κ2) is 14.3. The second-order valence-corrected chi connectivity index (χ2v) is 9.81. The summed E-state index contributed by atoms with van der Waals surface area (Å²) in [5.74, 6) is -0.833. The molecule has 0 fully saturated rings. The first kappa shape index (κ1) is 25.6. The van der Waals surface area contributed by atoms with E-state index in [1.807, 2.05) is 12.1 Å². The van der Waals surface area contributed by atoms with Crippen molar-refractivity contribution in [3.05, 3.63) is 152 Å². The van der Waals surface area contributed by atoms with Gasteiger partial charge in [-0.1, -0.05) is 152 Å². The van der Waals surface area contributed by atoms with E-state index in [1.54, 1.807) is 0 Å². The quantitative estimate of drug-likeness (QED) is 0.287. The van der Waals surface area contributed by atoms with Gasteiger partial charge in [-0.15, -0.1) is 0 Å². The highest BCUT2D eigenvalue weighted by Gasteiger charge is 2.14. The largest absolute Gasteiger partial charge is 0.481 e. The van der Waals surface area contributed by atoms with E-state index in [4.69, 9.17) is 9.90 Å². The van der Waals surface area contributed by atoms with Crippen LogP contribution in [0.5, 0.6) is 0 Å². The van der Waals surface area contributed by atoms with Gasteiger partial charge >= 0.3 is 0 Å². The molecule has 0 saturated carbocycles. The Labute approximate surface area is 209 Å². The number of aliphatic carboxylic acids is 1. The minimum absolute atomic E-state index is 0.446. The van der Waals surface area contributed by atoms with Crippen LogP contribution in [0.25, 0.3) is 11.1 Å². The molecule has 2 nitrogen and oxygen atoms in total. The number of carboxylic acids is 1. The average Bonchev–Trinajstić information content (AvgIpc) is 2.92. The zero-order valence-corrected chi connectivity index (χ0v) is 20.6. The van der Waals surface area contributed by atoms with Crippen molar-refractivity contribution in [2.75, 3.05) is 0 Å². The fourth-order valence-electron chi connectivity index (χ4n) is 3.44. The van der Waals surface area contributed by atoms with E-state index in [0.717, 1.165) is 6.92 Å². The predicted molar refractivity (Wildman–Crippen MR) is 150 cm³/mol. The summed E-state index contributed by atoms with van der Waals surface area (Å²) in [6.45, 7) is 1.08. The molecule has 0 unspecified atom stereocenters. The van der Waals surface area contributed by atoms with Gasteiger partial charge in [-0.3, -0.25) is 4.79 Å². The van der Waals surface area contributed by atoms with Gasteiger partial charge in [-0.25, -0.2) is 0 Å². The summed E-state index contributed by atoms with van der Waals surface area (Å²) in [7, 11) is -0.446. The summed E-state index contributed by atoms with van der Waals surface area (Å²) in [5.41, 5.74) is 2.55. The SMILES string of the molecule is CC(=O)O.c1ccc(-c2ccccc2)cc1.c1ccc(P(c2ccccc2)c2ccccc2)cc1. The van der Waals surface area contributed by atoms with Gasteiger partial charge in [-0.05, 0) is 35.0 Å². The van der Waals surface area contributed by atoms with Gasteiger partial charge in [0.15, 0.2) is 0 Å². The molecule has 0 amide bonds. The van der Waals surface area contributed by atoms with Crippen molar-refractivity contribution in [1.29, 1.82) is 0 Å². The smallest absolute Gasteiger partial charge is 0.300 e. The molecule has 1 N–H and O–H groups in total. The summed E-state index contributed by atoms with van der Waals surface area (Å²) < 4.78 is 0. The van der Waals surface area contributed by atoms with Crippen LogP contribution in [0.4, 0.5) is 0 Å². The fraction of sp³-hybridized carbons (Fsp3) is 0.0312. The monoisotopic (exact) mass is 476 g/mol. The molecule has 174 valence electrons. The van der Waals surface area contributed by atoms with Crippen molar-refractivity contribution in [2.45, 2.75) is 6.92 Å². The summed E-state index contributed by atoms with van der Waals surface area (Å²) in [4.78, 5) is 9.00. The second-order valence-electron chi connectivity index (χ2n) is 7.59. The molecule has 0 radical (unpaired) electrons. The lowest BCUT2D eigenvalue weighted by atomic mass is 10.1. The van der Waals surface area contributed by atoms with Crippen LogP contribution in [0, 0.1) is 0 Å². The molecular formula is C32H29O2P. The molecule has 0 aliphatic carbocycles. The zero-order chi connectivity index (χ0) is 24.7. The highest BCUT2D eigenvalue weighted by atomic mass is 31.1. The highest BCUT2D eigenvalue weighted by molar-refractivity contribution is 7.79. The van der Waals surface area contributed by atoms with Crippen LogP contribution in [-0.2, 0) is 4.79 Å². The maximum absolute atomic E-state index is 9.00. The Morgan fingerprint density at radius 1 is 0.457 bits per heavy atom. The van der Waals surface area contributed by atoms with E-state index in [0.29, 0.717) is 0 Å². The molecular weight excluding hydrogens is 447 g/mol. The summed E-state index contributed by atoms with van der Waals surface area (Å²) >= 11 is 0. The Kier molecular flexibility index (Phi) is 10.5. The molecule has 5 aromatic rings. The number of rotatable bonds is 4. The van der Waals surface area contributed by atoms with E-state index in [-0.39, 0.29) is 0 Å². The Bertz CT molecular complexity index is 1110. The van der Waals surface area contributed by atoms with Crippen LogP contribution in [0.15, 0.2) is 152 Å². The lowest BCUT2D eigenvalue weighted by molar-refractivity contribution is -0.134. The number of hydrogen-bond acceptors (Lipinski definition) is 1. The molecule has 0 aliphatic rings. The molecule has 5 rings (SSSR count). The lowest BCUT2D eigenvalue weighted by Gasteiger charge is -2.18. The molecule has 0 saturated heterocycles. The molecule has 0 spiro atoms. The first-order valence-electron chi connectivity index (χ1n) is 11.4. The van der Waals surface area contributed by atoms with Crippen molar-refractivity contribution in [2.24, 2.45) is 0 Å². The predicted octanol–water partition coefficient (Wildman–Crippen LogP) is 6.89. The van der Waals surface area contributed by atoms with Crippen LogP contribution in [-0.4, -0.2) is 11.1 Å². The average molecular weight is 477 g/mol. The summed E-state index contributed by atoms with van der Waals surface area (Å²) in [6, 6.07) is 53.1. The highest BCUT2D eigenvalue weighted by Crippen LogP contribution is 2.32. The third kappa shape index (κ3) is 8.70. The Morgan fingerprint density at radius 3 is 0.886 bits per heavy atom. The van der Waals surface area contributed by atoms with Gasteiger partial charge in [0.2, 0.25) is 0 Å². The Balaban J connectivity index is 0.000000183. The van der Waals surface area contributed by atoms with Gasteiger partial charge in [-0.2, -0.15) is 0 Å². The molecule has 0 aromatic heterocycles. The molecule has 0 atom stereocenters. The van der Waals surface area contributed by atoms with E-state index >= 15 is 0 Å². The Hall–Kier alpha value is -4.00.